The molecular formula is C11H17NO2. The standard InChI is InChI=1S/C11H17NO2/c1-4-10-5-6-11(13)12(8-10)7-9(2)14-3/h5-6,8-9H,4,7H2,1-3H3. The SMILES string of the molecule is CCc1ccc(=O)n(CC(C)OC)c1. The van der Waals surface area contributed by atoms with Gasteiger partial charge in [0.05, 0.1) is 12.6 Å². The molecular weight excluding hydrogens is 178 g/mol. The molecule has 14 heavy (non-hydrogen) atoms. The van der Waals surface area contributed by atoms with Gasteiger partial charge >= 0.3 is 0 Å². The van der Waals surface area contributed by atoms with E-state index < -0.39 is 0 Å². The Morgan fingerprint density at radius 1 is 1.50 bits per heavy atom. The van der Waals surface area contributed by atoms with Gasteiger partial charge < -0.3 is 9.30 Å². The molecule has 3 nitrogen and oxygen atoms in total. The van der Waals surface area contributed by atoms with E-state index in [0.717, 1.165) is 6.42 Å². The molecule has 0 aliphatic carbocycles. The van der Waals surface area contributed by atoms with Crippen molar-refractivity contribution in [3.63, 3.8) is 0 Å². The molecule has 1 rings (SSSR count). The topological polar surface area (TPSA) is 31.2 Å². The van der Waals surface area contributed by atoms with E-state index in [2.05, 4.69) is 6.92 Å². The zero-order valence-electron chi connectivity index (χ0n) is 8.99. The monoisotopic (exact) mass is 195 g/mol. The molecule has 1 heterocycles. The van der Waals surface area contributed by atoms with Crippen LogP contribution in [0.15, 0.2) is 23.1 Å². The van der Waals surface area contributed by atoms with Crippen LogP contribution in [0.25, 0.3) is 0 Å². The van der Waals surface area contributed by atoms with E-state index in [1.54, 1.807) is 17.7 Å². The zero-order chi connectivity index (χ0) is 10.6. The molecule has 0 bridgehead atoms. The Balaban J connectivity index is 2.89. The first-order valence-electron chi connectivity index (χ1n) is 4.89. The van der Waals surface area contributed by atoms with Gasteiger partial charge in [-0.2, -0.15) is 0 Å². The minimum Gasteiger partial charge on any atom is -0.380 e. The Morgan fingerprint density at radius 3 is 2.79 bits per heavy atom. The Morgan fingerprint density at radius 2 is 2.21 bits per heavy atom. The van der Waals surface area contributed by atoms with E-state index in [1.807, 2.05) is 19.2 Å². The number of aromatic nitrogens is 1. The number of pyridine rings is 1. The van der Waals surface area contributed by atoms with Crippen LogP contribution in [0.1, 0.15) is 19.4 Å². The number of rotatable bonds is 4. The predicted octanol–water partition coefficient (Wildman–Crippen LogP) is 1.45. The largest absolute Gasteiger partial charge is 0.380 e. The normalized spacial score (nSPS) is 12.8. The van der Waals surface area contributed by atoms with Crippen LogP contribution >= 0.6 is 0 Å². The third-order valence-corrected chi connectivity index (χ3v) is 2.31. The molecule has 78 valence electrons. The molecule has 0 fully saturated rings. The molecule has 0 amide bonds. The highest BCUT2D eigenvalue weighted by Crippen LogP contribution is 1.98. The van der Waals surface area contributed by atoms with Gasteiger partial charge in [-0.25, -0.2) is 0 Å². The van der Waals surface area contributed by atoms with Gasteiger partial charge in [0.2, 0.25) is 0 Å². The van der Waals surface area contributed by atoms with Crippen LogP contribution < -0.4 is 5.56 Å². The Labute approximate surface area is 84.3 Å². The number of hydrogen-bond acceptors (Lipinski definition) is 2. The summed E-state index contributed by atoms with van der Waals surface area (Å²) in [7, 11) is 1.65. The summed E-state index contributed by atoms with van der Waals surface area (Å²) >= 11 is 0. The van der Waals surface area contributed by atoms with Crippen LogP contribution in [-0.4, -0.2) is 17.8 Å². The Kier molecular flexibility index (Phi) is 3.89. The minimum absolute atomic E-state index is 0.0334. The number of ether oxygens (including phenoxy) is 1. The average Bonchev–Trinajstić information content (AvgIpc) is 2.21. The molecule has 0 aromatic carbocycles. The van der Waals surface area contributed by atoms with E-state index in [4.69, 9.17) is 4.74 Å². The molecule has 1 aromatic rings. The van der Waals surface area contributed by atoms with Crippen molar-refractivity contribution in [1.82, 2.24) is 4.57 Å². The van der Waals surface area contributed by atoms with E-state index in [9.17, 15) is 4.79 Å². The summed E-state index contributed by atoms with van der Waals surface area (Å²) in [5, 5.41) is 0. The van der Waals surface area contributed by atoms with Gasteiger partial charge in [0.1, 0.15) is 0 Å². The van der Waals surface area contributed by atoms with Crippen LogP contribution in [0.5, 0.6) is 0 Å². The third-order valence-electron chi connectivity index (χ3n) is 2.31. The van der Waals surface area contributed by atoms with Gasteiger partial charge in [-0.3, -0.25) is 4.79 Å². The van der Waals surface area contributed by atoms with Gasteiger partial charge in [-0.15, -0.1) is 0 Å². The molecule has 1 unspecified atom stereocenters. The molecule has 0 aliphatic heterocycles. The van der Waals surface area contributed by atoms with Crippen molar-refractivity contribution < 1.29 is 4.74 Å². The highest BCUT2D eigenvalue weighted by Gasteiger charge is 2.02. The van der Waals surface area contributed by atoms with E-state index in [0.29, 0.717) is 6.54 Å². The lowest BCUT2D eigenvalue weighted by molar-refractivity contribution is 0.102. The van der Waals surface area contributed by atoms with Crippen LogP contribution in [0.3, 0.4) is 0 Å². The lowest BCUT2D eigenvalue weighted by Gasteiger charge is -2.12. The maximum Gasteiger partial charge on any atom is 0.250 e. The molecule has 0 N–H and O–H groups in total. The van der Waals surface area contributed by atoms with Crippen molar-refractivity contribution in [2.24, 2.45) is 0 Å². The first-order valence-corrected chi connectivity index (χ1v) is 4.89. The number of methoxy groups -OCH3 is 1. The lowest BCUT2D eigenvalue weighted by Crippen LogP contribution is -2.25. The molecule has 1 atom stereocenters. The van der Waals surface area contributed by atoms with Crippen molar-refractivity contribution in [2.75, 3.05) is 7.11 Å². The summed E-state index contributed by atoms with van der Waals surface area (Å²) < 4.78 is 6.82. The molecule has 0 saturated heterocycles. The van der Waals surface area contributed by atoms with Crippen molar-refractivity contribution in [2.45, 2.75) is 32.9 Å². The maximum absolute atomic E-state index is 11.4. The van der Waals surface area contributed by atoms with Gasteiger partial charge in [0.25, 0.3) is 5.56 Å². The van der Waals surface area contributed by atoms with Crippen molar-refractivity contribution in [3.8, 4) is 0 Å². The summed E-state index contributed by atoms with van der Waals surface area (Å²) in [6, 6.07) is 3.48. The fourth-order valence-electron chi connectivity index (χ4n) is 1.28. The minimum atomic E-state index is 0.0334. The van der Waals surface area contributed by atoms with Gasteiger partial charge in [0.15, 0.2) is 0 Å². The second-order valence-electron chi connectivity index (χ2n) is 3.43. The Hall–Kier alpha value is -1.09. The highest BCUT2D eigenvalue weighted by molar-refractivity contribution is 5.09. The summed E-state index contributed by atoms with van der Waals surface area (Å²) in [5.41, 5.74) is 1.21. The molecule has 0 aliphatic rings. The smallest absolute Gasteiger partial charge is 0.250 e. The highest BCUT2D eigenvalue weighted by atomic mass is 16.5. The van der Waals surface area contributed by atoms with Gasteiger partial charge in [-0.1, -0.05) is 13.0 Å². The van der Waals surface area contributed by atoms with Gasteiger partial charge in [-0.05, 0) is 18.9 Å². The van der Waals surface area contributed by atoms with Crippen molar-refractivity contribution >= 4 is 0 Å². The van der Waals surface area contributed by atoms with E-state index in [1.165, 1.54) is 5.56 Å². The molecule has 1 aromatic heterocycles. The summed E-state index contributed by atoms with van der Waals surface area (Å²) in [6.07, 6.45) is 2.92. The van der Waals surface area contributed by atoms with Crippen LogP contribution in [-0.2, 0) is 17.7 Å². The first kappa shape index (κ1) is 11.0. The van der Waals surface area contributed by atoms with Crippen molar-refractivity contribution in [3.05, 3.63) is 34.2 Å². The zero-order valence-corrected chi connectivity index (χ0v) is 8.99. The quantitative estimate of drug-likeness (QED) is 0.728. The van der Waals surface area contributed by atoms with E-state index >= 15 is 0 Å². The summed E-state index contributed by atoms with van der Waals surface area (Å²) in [4.78, 5) is 11.4. The number of nitrogens with zero attached hydrogens (tertiary/aromatic N) is 1. The van der Waals surface area contributed by atoms with E-state index in [-0.39, 0.29) is 11.7 Å². The second kappa shape index (κ2) is 4.96. The lowest BCUT2D eigenvalue weighted by atomic mass is 10.2. The molecule has 3 heteroatoms. The second-order valence-corrected chi connectivity index (χ2v) is 3.43. The average molecular weight is 195 g/mol. The predicted molar refractivity (Wildman–Crippen MR) is 56.6 cm³/mol. The third kappa shape index (κ3) is 2.70. The van der Waals surface area contributed by atoms with Crippen LogP contribution in [0, 0.1) is 0 Å². The molecule has 0 spiro atoms. The fraction of sp³-hybridized carbons (Fsp3) is 0.545. The fourth-order valence-corrected chi connectivity index (χ4v) is 1.28. The molecule has 0 radical (unpaired) electrons. The van der Waals surface area contributed by atoms with Gasteiger partial charge in [0, 0.05) is 19.4 Å². The van der Waals surface area contributed by atoms with Crippen molar-refractivity contribution in [1.29, 1.82) is 0 Å². The number of aryl methyl sites for hydroxylation is 1. The Bertz CT molecular complexity index is 343. The molecule has 0 saturated carbocycles. The number of hydrogen-bond donors (Lipinski definition) is 0. The van der Waals surface area contributed by atoms with Crippen LogP contribution in [0.4, 0.5) is 0 Å². The first-order chi connectivity index (χ1) is 6.67. The summed E-state index contributed by atoms with van der Waals surface area (Å²) in [6.45, 7) is 4.64. The maximum atomic E-state index is 11.4. The van der Waals surface area contributed by atoms with Crippen LogP contribution in [0.2, 0.25) is 0 Å². The summed E-state index contributed by atoms with van der Waals surface area (Å²) in [5.74, 6) is 0.